The molecule has 0 radical (unpaired) electrons. The third-order valence-corrected chi connectivity index (χ3v) is 4.85. The fourth-order valence-corrected chi connectivity index (χ4v) is 3.22. The molecule has 0 aliphatic carbocycles. The number of aryl methyl sites for hydroxylation is 2. The monoisotopic (exact) mass is 469 g/mol. The molecule has 3 aromatic carbocycles. The minimum absolute atomic E-state index is 0.0944. The van der Waals surface area contributed by atoms with E-state index in [1.54, 1.807) is 24.4 Å². The molecular weight excluding hydrogens is 454 g/mol. The predicted molar refractivity (Wildman–Crippen MR) is 117 cm³/mol. The largest absolute Gasteiger partial charge is 0.449 e. The molecule has 0 saturated heterocycles. The zero-order valence-electron chi connectivity index (χ0n) is 16.0. The van der Waals surface area contributed by atoms with E-state index in [2.05, 4.69) is 27.0 Å². The van der Waals surface area contributed by atoms with Crippen LogP contribution in [0.5, 0.6) is 11.5 Å². The molecule has 0 amide bonds. The van der Waals surface area contributed by atoms with Gasteiger partial charge in [-0.1, -0.05) is 17.7 Å². The summed E-state index contributed by atoms with van der Waals surface area (Å²) < 4.78 is 6.19. The summed E-state index contributed by atoms with van der Waals surface area (Å²) in [6.45, 7) is 4.01. The highest BCUT2D eigenvalue weighted by Crippen LogP contribution is 2.37. The molecule has 0 heterocycles. The van der Waals surface area contributed by atoms with Crippen molar-refractivity contribution < 1.29 is 14.6 Å². The molecular formula is C21H16BrN3O5. The Kier molecular flexibility index (Phi) is 6.22. The molecule has 0 aliphatic heterocycles. The standard InChI is InChI=1S/C21H16BrN3O5/c1-13-3-6-18(14(2)9-13)23-12-15-4-7-20(17(22)10-15)30-21-8-5-16(24(26)27)11-19(21)25(28)29/h3-12H,1-2H3. The van der Waals surface area contributed by atoms with Crippen molar-refractivity contribution in [2.45, 2.75) is 13.8 Å². The van der Waals surface area contributed by atoms with E-state index in [4.69, 9.17) is 4.74 Å². The summed E-state index contributed by atoms with van der Waals surface area (Å²) in [6.07, 6.45) is 1.71. The molecule has 3 rings (SSSR count). The molecule has 0 N–H and O–H groups in total. The highest BCUT2D eigenvalue weighted by Gasteiger charge is 2.21. The van der Waals surface area contributed by atoms with Gasteiger partial charge in [-0.05, 0) is 71.2 Å². The van der Waals surface area contributed by atoms with Crippen LogP contribution in [0.15, 0.2) is 64.1 Å². The van der Waals surface area contributed by atoms with Gasteiger partial charge in [0.2, 0.25) is 5.75 Å². The number of nitrogens with zero attached hydrogens (tertiary/aromatic N) is 3. The van der Waals surface area contributed by atoms with Gasteiger partial charge in [-0.3, -0.25) is 25.2 Å². The number of rotatable bonds is 6. The van der Waals surface area contributed by atoms with Crippen molar-refractivity contribution in [2.24, 2.45) is 4.99 Å². The lowest BCUT2D eigenvalue weighted by Gasteiger charge is -2.09. The van der Waals surface area contributed by atoms with Crippen molar-refractivity contribution in [3.05, 3.63) is 96.0 Å². The van der Waals surface area contributed by atoms with E-state index in [-0.39, 0.29) is 11.4 Å². The van der Waals surface area contributed by atoms with Crippen LogP contribution in [0.25, 0.3) is 0 Å². The second-order valence-corrected chi connectivity index (χ2v) is 7.36. The highest BCUT2D eigenvalue weighted by atomic mass is 79.9. The molecule has 0 aromatic heterocycles. The van der Waals surface area contributed by atoms with E-state index >= 15 is 0 Å². The van der Waals surface area contributed by atoms with Gasteiger partial charge in [-0.2, -0.15) is 0 Å². The lowest BCUT2D eigenvalue weighted by molar-refractivity contribution is -0.394. The fourth-order valence-electron chi connectivity index (χ4n) is 2.74. The lowest BCUT2D eigenvalue weighted by Crippen LogP contribution is -1.96. The van der Waals surface area contributed by atoms with E-state index in [0.29, 0.717) is 10.2 Å². The maximum atomic E-state index is 11.3. The second kappa shape index (κ2) is 8.83. The number of hydrogen-bond acceptors (Lipinski definition) is 6. The maximum Gasteiger partial charge on any atom is 0.318 e. The van der Waals surface area contributed by atoms with Crippen LogP contribution in [-0.2, 0) is 0 Å². The Labute approximate surface area is 180 Å². The molecule has 3 aromatic rings. The second-order valence-electron chi connectivity index (χ2n) is 6.51. The molecule has 0 spiro atoms. The third kappa shape index (κ3) is 4.87. The van der Waals surface area contributed by atoms with Gasteiger partial charge < -0.3 is 4.74 Å². The van der Waals surface area contributed by atoms with Crippen LogP contribution in [0.2, 0.25) is 0 Å². The summed E-state index contributed by atoms with van der Waals surface area (Å²) in [4.78, 5) is 25.2. The summed E-state index contributed by atoms with van der Waals surface area (Å²) >= 11 is 3.39. The number of benzene rings is 3. The Balaban J connectivity index is 1.85. The summed E-state index contributed by atoms with van der Waals surface area (Å²) in [5.74, 6) is 0.235. The first-order chi connectivity index (χ1) is 14.2. The van der Waals surface area contributed by atoms with Crippen LogP contribution in [0.1, 0.15) is 16.7 Å². The van der Waals surface area contributed by atoms with Gasteiger partial charge in [0.05, 0.1) is 26.1 Å². The van der Waals surface area contributed by atoms with Gasteiger partial charge >= 0.3 is 5.69 Å². The Bertz CT molecular complexity index is 1180. The van der Waals surface area contributed by atoms with Crippen molar-refractivity contribution in [3.8, 4) is 11.5 Å². The van der Waals surface area contributed by atoms with Crippen LogP contribution in [0, 0.1) is 34.1 Å². The van der Waals surface area contributed by atoms with E-state index in [1.807, 2.05) is 26.0 Å². The summed E-state index contributed by atoms with van der Waals surface area (Å²) in [6, 6.07) is 14.4. The van der Waals surface area contributed by atoms with Gasteiger partial charge in [-0.15, -0.1) is 0 Å². The topological polar surface area (TPSA) is 108 Å². The van der Waals surface area contributed by atoms with Gasteiger partial charge in [0.25, 0.3) is 5.69 Å². The van der Waals surface area contributed by atoms with Crippen LogP contribution in [0.4, 0.5) is 17.1 Å². The lowest BCUT2D eigenvalue weighted by atomic mass is 10.1. The van der Waals surface area contributed by atoms with E-state index in [1.165, 1.54) is 6.07 Å². The maximum absolute atomic E-state index is 11.3. The van der Waals surface area contributed by atoms with E-state index in [9.17, 15) is 20.2 Å². The van der Waals surface area contributed by atoms with Gasteiger partial charge in [0.15, 0.2) is 0 Å². The number of ether oxygens (including phenoxy) is 1. The van der Waals surface area contributed by atoms with Gasteiger partial charge in [-0.25, -0.2) is 0 Å². The minimum atomic E-state index is -0.721. The first-order valence-electron chi connectivity index (χ1n) is 8.76. The zero-order chi connectivity index (χ0) is 21.8. The Morgan fingerprint density at radius 1 is 0.933 bits per heavy atom. The van der Waals surface area contributed by atoms with Gasteiger partial charge in [0.1, 0.15) is 5.75 Å². The number of non-ortho nitro benzene ring substituents is 1. The highest BCUT2D eigenvalue weighted by molar-refractivity contribution is 9.10. The van der Waals surface area contributed by atoms with Crippen LogP contribution < -0.4 is 4.74 Å². The Morgan fingerprint density at radius 2 is 1.67 bits per heavy atom. The van der Waals surface area contributed by atoms with E-state index in [0.717, 1.165) is 34.5 Å². The number of nitro benzene ring substituents is 2. The van der Waals surface area contributed by atoms with Crippen LogP contribution >= 0.6 is 15.9 Å². The van der Waals surface area contributed by atoms with Crippen LogP contribution in [0.3, 0.4) is 0 Å². The smallest absolute Gasteiger partial charge is 0.318 e. The summed E-state index contributed by atoms with van der Waals surface area (Å²) in [5.41, 5.74) is 3.01. The Hall–Kier alpha value is -3.59. The first-order valence-corrected chi connectivity index (χ1v) is 9.55. The average molecular weight is 470 g/mol. The van der Waals surface area contributed by atoms with Crippen molar-refractivity contribution in [1.82, 2.24) is 0 Å². The number of halogens is 1. The summed E-state index contributed by atoms with van der Waals surface area (Å²) in [5, 5.41) is 22.1. The normalized spacial score (nSPS) is 10.9. The third-order valence-electron chi connectivity index (χ3n) is 4.23. The molecule has 152 valence electrons. The zero-order valence-corrected chi connectivity index (χ0v) is 17.6. The van der Waals surface area contributed by atoms with Crippen molar-refractivity contribution in [1.29, 1.82) is 0 Å². The number of aliphatic imine (C=N–C) groups is 1. The minimum Gasteiger partial charge on any atom is -0.449 e. The molecule has 0 atom stereocenters. The fraction of sp³-hybridized carbons (Fsp3) is 0.0952. The molecule has 0 aliphatic rings. The molecule has 0 fully saturated rings. The molecule has 30 heavy (non-hydrogen) atoms. The summed E-state index contributed by atoms with van der Waals surface area (Å²) in [7, 11) is 0. The average Bonchev–Trinajstić information content (AvgIpc) is 2.69. The quantitative estimate of drug-likeness (QED) is 0.235. The number of nitro groups is 2. The SMILES string of the molecule is Cc1ccc(N=Cc2ccc(Oc3ccc([N+](=O)[O-])cc3[N+](=O)[O-])c(Br)c2)c(C)c1. The van der Waals surface area contributed by atoms with Gasteiger partial charge in [0, 0.05) is 12.3 Å². The van der Waals surface area contributed by atoms with Crippen molar-refractivity contribution >= 4 is 39.2 Å². The molecule has 0 bridgehead atoms. The first kappa shape index (κ1) is 21.1. The van der Waals surface area contributed by atoms with Crippen molar-refractivity contribution in [3.63, 3.8) is 0 Å². The number of hydrogen-bond donors (Lipinski definition) is 0. The molecule has 0 unspecified atom stereocenters. The van der Waals surface area contributed by atoms with E-state index < -0.39 is 15.5 Å². The molecule has 8 nitrogen and oxygen atoms in total. The Morgan fingerprint density at radius 3 is 2.30 bits per heavy atom. The van der Waals surface area contributed by atoms with Crippen LogP contribution in [-0.4, -0.2) is 16.1 Å². The predicted octanol–water partition coefficient (Wildman–Crippen LogP) is 6.43. The molecule has 9 heteroatoms. The molecule has 0 saturated carbocycles. The van der Waals surface area contributed by atoms with Crippen molar-refractivity contribution in [2.75, 3.05) is 0 Å².